The number of likely N-dealkylation sites (tertiary alicyclic amines) is 1. The average Bonchev–Trinajstić information content (AvgIpc) is 3.14. The maximum atomic E-state index is 12.8. The summed E-state index contributed by atoms with van der Waals surface area (Å²) < 4.78 is 0. The van der Waals surface area contributed by atoms with Gasteiger partial charge in [0.15, 0.2) is 0 Å². The number of carbonyl (C=O) groups excluding carboxylic acids is 1. The summed E-state index contributed by atoms with van der Waals surface area (Å²) in [5, 5.41) is 7.57. The summed E-state index contributed by atoms with van der Waals surface area (Å²) in [5.74, 6) is -0.0131. The first-order valence-electron chi connectivity index (χ1n) is 7.31. The van der Waals surface area contributed by atoms with Crippen LogP contribution >= 0.6 is 11.6 Å². The summed E-state index contributed by atoms with van der Waals surface area (Å²) in [6, 6.07) is 7.38. The van der Waals surface area contributed by atoms with E-state index in [2.05, 4.69) is 17.1 Å². The quantitative estimate of drug-likeness (QED) is 0.913. The number of nitrogens with zero attached hydrogens (tertiary/aromatic N) is 2. The maximum Gasteiger partial charge on any atom is 0.257 e. The number of halogens is 1. The lowest BCUT2D eigenvalue weighted by Crippen LogP contribution is -2.34. The van der Waals surface area contributed by atoms with E-state index >= 15 is 0 Å². The maximum absolute atomic E-state index is 12.8. The molecule has 1 atom stereocenters. The molecule has 2 heterocycles. The van der Waals surface area contributed by atoms with Crippen LogP contribution < -0.4 is 5.73 Å². The molecule has 116 valence electrons. The highest BCUT2D eigenvalue weighted by molar-refractivity contribution is 6.30. The number of benzene rings is 1. The number of carbonyl (C=O) groups is 1. The molecule has 0 spiro atoms. The van der Waals surface area contributed by atoms with Gasteiger partial charge in [-0.3, -0.25) is 9.89 Å². The van der Waals surface area contributed by atoms with Gasteiger partial charge < -0.3 is 10.6 Å². The van der Waals surface area contributed by atoms with Gasteiger partial charge in [-0.15, -0.1) is 0 Å². The molecule has 1 aromatic carbocycles. The minimum Gasteiger partial charge on any atom is -0.338 e. The first-order chi connectivity index (χ1) is 10.5. The Morgan fingerprint density at radius 3 is 3.05 bits per heavy atom. The number of aromatic nitrogens is 2. The molecule has 0 bridgehead atoms. The highest BCUT2D eigenvalue weighted by Gasteiger charge is 2.36. The second-order valence-electron chi connectivity index (χ2n) is 6.16. The van der Waals surface area contributed by atoms with Crippen molar-refractivity contribution in [2.24, 2.45) is 11.1 Å². The number of hydrogen-bond donors (Lipinski definition) is 2. The Bertz CT molecular complexity index is 699. The lowest BCUT2D eigenvalue weighted by atomic mass is 9.90. The van der Waals surface area contributed by atoms with Gasteiger partial charge in [0.05, 0.1) is 17.5 Å². The van der Waals surface area contributed by atoms with Crippen LogP contribution in [0.4, 0.5) is 0 Å². The van der Waals surface area contributed by atoms with Crippen LogP contribution in [0.3, 0.4) is 0 Å². The Hall–Kier alpha value is -1.85. The lowest BCUT2D eigenvalue weighted by Gasteiger charge is -2.22. The van der Waals surface area contributed by atoms with Crippen LogP contribution in [0.15, 0.2) is 30.5 Å². The SMILES string of the molecule is CC1(CN)CCN(C(=O)c2cn[nH]c2-c2cccc(Cl)c2)C1. The summed E-state index contributed by atoms with van der Waals surface area (Å²) in [6.45, 7) is 4.12. The first-order valence-corrected chi connectivity index (χ1v) is 7.69. The number of aromatic amines is 1. The molecule has 3 N–H and O–H groups in total. The summed E-state index contributed by atoms with van der Waals surface area (Å²) in [4.78, 5) is 14.6. The van der Waals surface area contributed by atoms with Gasteiger partial charge in [0.1, 0.15) is 0 Å². The summed E-state index contributed by atoms with van der Waals surface area (Å²) in [7, 11) is 0. The van der Waals surface area contributed by atoms with Crippen LogP contribution in [-0.4, -0.2) is 40.6 Å². The van der Waals surface area contributed by atoms with Crippen LogP contribution in [0.2, 0.25) is 5.02 Å². The Morgan fingerprint density at radius 2 is 2.36 bits per heavy atom. The van der Waals surface area contributed by atoms with E-state index in [1.165, 1.54) is 0 Å². The van der Waals surface area contributed by atoms with Gasteiger partial charge in [0, 0.05) is 23.7 Å². The van der Waals surface area contributed by atoms with Crippen LogP contribution in [0.25, 0.3) is 11.3 Å². The van der Waals surface area contributed by atoms with Crippen LogP contribution in [-0.2, 0) is 0 Å². The standard InChI is InChI=1S/C16H19ClN4O/c1-16(9-18)5-6-21(10-16)15(22)13-8-19-20-14(13)11-3-2-4-12(17)7-11/h2-4,7-8H,5-6,9-10,18H2,1H3,(H,19,20). The number of amides is 1. The minimum atomic E-state index is -0.0131. The summed E-state index contributed by atoms with van der Waals surface area (Å²) in [5.41, 5.74) is 7.96. The van der Waals surface area contributed by atoms with E-state index in [1.807, 2.05) is 23.1 Å². The van der Waals surface area contributed by atoms with Crippen LogP contribution in [0.1, 0.15) is 23.7 Å². The monoisotopic (exact) mass is 318 g/mol. The van der Waals surface area contributed by atoms with Crippen molar-refractivity contribution in [2.45, 2.75) is 13.3 Å². The van der Waals surface area contributed by atoms with E-state index in [4.69, 9.17) is 17.3 Å². The van der Waals surface area contributed by atoms with E-state index in [-0.39, 0.29) is 11.3 Å². The Morgan fingerprint density at radius 1 is 1.55 bits per heavy atom. The molecule has 5 nitrogen and oxygen atoms in total. The van der Waals surface area contributed by atoms with Gasteiger partial charge >= 0.3 is 0 Å². The van der Waals surface area contributed by atoms with Gasteiger partial charge in [-0.25, -0.2) is 0 Å². The minimum absolute atomic E-state index is 0.00954. The predicted octanol–water partition coefficient (Wildman–Crippen LogP) is 2.54. The van der Waals surface area contributed by atoms with Crippen LogP contribution in [0.5, 0.6) is 0 Å². The van der Waals surface area contributed by atoms with E-state index < -0.39 is 0 Å². The van der Waals surface area contributed by atoms with Crippen LogP contribution in [0, 0.1) is 5.41 Å². The Kier molecular flexibility index (Phi) is 3.93. The molecular formula is C16H19ClN4O. The van der Waals surface area contributed by atoms with Crippen molar-refractivity contribution in [1.82, 2.24) is 15.1 Å². The number of rotatable bonds is 3. The highest BCUT2D eigenvalue weighted by atomic mass is 35.5. The fraction of sp³-hybridized carbons (Fsp3) is 0.375. The second-order valence-corrected chi connectivity index (χ2v) is 6.60. The van der Waals surface area contributed by atoms with Gasteiger partial charge in [-0.2, -0.15) is 5.10 Å². The Labute approximate surface area is 134 Å². The number of nitrogens with two attached hydrogens (primary N) is 1. The molecule has 0 saturated carbocycles. The van der Waals surface area contributed by atoms with Gasteiger partial charge in [-0.1, -0.05) is 30.7 Å². The van der Waals surface area contributed by atoms with Gasteiger partial charge in [0.25, 0.3) is 5.91 Å². The zero-order chi connectivity index (χ0) is 15.7. The lowest BCUT2D eigenvalue weighted by molar-refractivity contribution is 0.0777. The molecule has 1 amide bonds. The molecule has 1 aliphatic rings. The fourth-order valence-corrected chi connectivity index (χ4v) is 3.04. The van der Waals surface area contributed by atoms with Crippen molar-refractivity contribution in [3.8, 4) is 11.3 Å². The third kappa shape index (κ3) is 2.74. The Balaban J connectivity index is 1.88. The zero-order valence-corrected chi connectivity index (χ0v) is 13.2. The highest BCUT2D eigenvalue weighted by Crippen LogP contribution is 2.31. The number of hydrogen-bond acceptors (Lipinski definition) is 3. The molecule has 2 aromatic rings. The van der Waals surface area contributed by atoms with Crippen molar-refractivity contribution >= 4 is 17.5 Å². The number of H-pyrrole nitrogens is 1. The molecule has 1 unspecified atom stereocenters. The molecule has 1 fully saturated rings. The number of nitrogens with one attached hydrogen (secondary N) is 1. The topological polar surface area (TPSA) is 75.0 Å². The molecule has 1 aromatic heterocycles. The van der Waals surface area contributed by atoms with E-state index in [0.29, 0.717) is 29.4 Å². The van der Waals surface area contributed by atoms with Crippen molar-refractivity contribution in [1.29, 1.82) is 0 Å². The normalized spacial score (nSPS) is 21.3. The van der Waals surface area contributed by atoms with Crippen molar-refractivity contribution in [2.75, 3.05) is 19.6 Å². The molecule has 3 rings (SSSR count). The summed E-state index contributed by atoms with van der Waals surface area (Å²) >= 11 is 6.03. The van der Waals surface area contributed by atoms with Gasteiger partial charge in [-0.05, 0) is 30.5 Å². The van der Waals surface area contributed by atoms with E-state index in [1.54, 1.807) is 12.3 Å². The smallest absolute Gasteiger partial charge is 0.257 e. The van der Waals surface area contributed by atoms with E-state index in [9.17, 15) is 4.79 Å². The molecular weight excluding hydrogens is 300 g/mol. The molecule has 22 heavy (non-hydrogen) atoms. The third-order valence-corrected chi connectivity index (χ3v) is 4.56. The van der Waals surface area contributed by atoms with Crippen molar-refractivity contribution in [3.05, 3.63) is 41.0 Å². The average molecular weight is 319 g/mol. The largest absolute Gasteiger partial charge is 0.338 e. The summed E-state index contributed by atoms with van der Waals surface area (Å²) in [6.07, 6.45) is 2.51. The second kappa shape index (κ2) is 5.74. The molecule has 0 aliphatic carbocycles. The molecule has 6 heteroatoms. The molecule has 1 aliphatic heterocycles. The molecule has 0 radical (unpaired) electrons. The van der Waals surface area contributed by atoms with Crippen molar-refractivity contribution < 1.29 is 4.79 Å². The fourth-order valence-electron chi connectivity index (χ4n) is 2.85. The predicted molar refractivity (Wildman–Crippen MR) is 86.7 cm³/mol. The molecule has 1 saturated heterocycles. The van der Waals surface area contributed by atoms with Crippen molar-refractivity contribution in [3.63, 3.8) is 0 Å². The first kappa shape index (κ1) is 15.1. The van der Waals surface area contributed by atoms with E-state index in [0.717, 1.165) is 18.5 Å². The van der Waals surface area contributed by atoms with Gasteiger partial charge in [0.2, 0.25) is 0 Å². The third-order valence-electron chi connectivity index (χ3n) is 4.32. The zero-order valence-electron chi connectivity index (χ0n) is 12.5.